The van der Waals surface area contributed by atoms with Gasteiger partial charge in [-0.1, -0.05) is 0 Å². The second-order valence-electron chi connectivity index (χ2n) is 16.7. The molecule has 0 amide bonds. The molecular weight excluding hydrogens is 1030 g/mol. The molecule has 0 heterocycles. The average Bonchev–Trinajstić information content (AvgIpc) is 3.32. The molecule has 0 aromatic heterocycles. The molecule has 0 saturated carbocycles. The summed E-state index contributed by atoms with van der Waals surface area (Å²) in [4.78, 5) is 0. The third-order valence-electron chi connectivity index (χ3n) is 13.2. The van der Waals surface area contributed by atoms with E-state index in [1.807, 2.05) is 0 Å². The zero-order chi connectivity index (χ0) is 42.9. The van der Waals surface area contributed by atoms with Gasteiger partial charge in [0.15, 0.2) is 0 Å². The molecule has 9 aromatic carbocycles. The Morgan fingerprint density at radius 3 is 0.435 bits per heavy atom. The Morgan fingerprint density at radius 1 is 0.242 bits per heavy atom. The van der Waals surface area contributed by atoms with Crippen molar-refractivity contribution < 1.29 is 5.30 Å². The van der Waals surface area contributed by atoms with Crippen molar-refractivity contribution in [3.05, 3.63) is 273 Å². The molecule has 0 unspecified atom stereocenters. The summed E-state index contributed by atoms with van der Waals surface area (Å²) in [5, 5.41) is 4.93. The van der Waals surface area contributed by atoms with Crippen LogP contribution in [0.15, 0.2) is 273 Å². The normalized spacial score (nSPS) is 14.9. The Bertz CT molecular complexity index is 2330. The van der Waals surface area contributed by atoms with E-state index in [1.54, 1.807) is 0 Å². The molecule has 0 nitrogen and oxygen atoms in total. The summed E-state index contributed by atoms with van der Waals surface area (Å²) in [6.07, 6.45) is 0. The van der Waals surface area contributed by atoms with Crippen molar-refractivity contribution in [2.75, 3.05) is 0 Å². The van der Waals surface area contributed by atoms with E-state index >= 15 is 0 Å². The molecular formula is C56H54ClIP3Rh. The summed E-state index contributed by atoms with van der Waals surface area (Å²) in [6.45, 7) is 0. The van der Waals surface area contributed by atoms with Crippen molar-refractivity contribution >= 4 is 94.0 Å². The molecule has 0 fully saturated rings. The van der Waals surface area contributed by atoms with Gasteiger partial charge < -0.3 is 0 Å². The quantitative estimate of drug-likeness (QED) is 0.0650. The van der Waals surface area contributed by atoms with Gasteiger partial charge in [0.25, 0.3) is 0 Å². The van der Waals surface area contributed by atoms with E-state index in [0.29, 0.717) is 0 Å². The first-order chi connectivity index (χ1) is 30.0. The number of hydrogen-bond acceptors (Lipinski definition) is 0. The summed E-state index contributed by atoms with van der Waals surface area (Å²) in [5.74, 6) is 0. The Hall–Kier alpha value is -4.09. The monoisotopic (exact) mass is 1080 g/mol. The van der Waals surface area contributed by atoms with Crippen molar-refractivity contribution in [2.45, 2.75) is 11.0 Å². The molecule has 0 aliphatic heterocycles. The Kier molecular flexibility index (Phi) is 10.8. The fourth-order valence-corrected chi connectivity index (χ4v) is 187. The van der Waals surface area contributed by atoms with Gasteiger partial charge in [-0.3, -0.25) is 0 Å². The fraction of sp³-hybridized carbons (Fsp3) is 0.0357. The predicted octanol–water partition coefficient (Wildman–Crippen LogP) is 12.3. The first kappa shape index (κ1) is 43.2. The first-order valence-corrected chi connectivity index (χ1v) is 44.0. The number of rotatable bonds is 12. The summed E-state index contributed by atoms with van der Waals surface area (Å²) in [7, 11) is 11.2. The summed E-state index contributed by atoms with van der Waals surface area (Å²) >= 11 is 3.27. The summed E-state index contributed by atoms with van der Waals surface area (Å²) in [6, 6.07) is 104. The standard InChI is InChI=1S/3C18H15P.2CH3.ClH.HI.Rh/c3*1-4-10-16(11-5-1)19(17-12-6-2-7-13-17)18-14-8-3-9-15-18;;;;;/h3*1-15H;2*1H3;2*1H;/q;;;;;;;-1/p+1. The maximum absolute atomic E-state index is 11.2. The van der Waals surface area contributed by atoms with Crippen molar-refractivity contribution in [2.24, 2.45) is 0 Å². The molecule has 0 bridgehead atoms. The molecule has 62 heavy (non-hydrogen) atoms. The molecule has 316 valence electrons. The summed E-state index contributed by atoms with van der Waals surface area (Å²) in [5.41, 5.74) is -6.06. The van der Waals surface area contributed by atoms with Crippen LogP contribution in [0.4, 0.5) is 0 Å². The second kappa shape index (κ2) is 15.6. The van der Waals surface area contributed by atoms with Crippen LogP contribution in [0.3, 0.4) is 0 Å². The van der Waals surface area contributed by atoms with Gasteiger partial charge in [0, 0.05) is 0 Å². The van der Waals surface area contributed by atoms with Crippen LogP contribution in [0.5, 0.6) is 0 Å². The van der Waals surface area contributed by atoms with E-state index in [1.165, 1.54) is 47.7 Å². The maximum atomic E-state index is 11.2. The van der Waals surface area contributed by atoms with Gasteiger partial charge in [-0.25, -0.2) is 0 Å². The average molecular weight is 1090 g/mol. The van der Waals surface area contributed by atoms with Crippen molar-refractivity contribution in [3.63, 3.8) is 0 Å². The molecule has 9 aromatic rings. The molecule has 0 atom stereocenters. The van der Waals surface area contributed by atoms with Crippen LogP contribution < -0.4 is 47.7 Å². The van der Waals surface area contributed by atoms with Gasteiger partial charge in [-0.15, -0.1) is 0 Å². The van der Waals surface area contributed by atoms with Crippen LogP contribution in [0, 0.1) is 0 Å². The zero-order valence-corrected chi connectivity index (χ0v) is 42.6. The molecule has 0 saturated heterocycles. The molecule has 0 radical (unpaired) electrons. The van der Waals surface area contributed by atoms with Gasteiger partial charge in [0.1, 0.15) is 0 Å². The number of benzene rings is 9. The SMILES string of the molecule is [CH3][Rh]([CH3])([Cl])([I])([PH](c1ccccc1)(c1ccccc1)c1ccccc1)([PH](c1ccccc1)(c1ccccc1)c1ccccc1)[PH](c1ccccc1)(c1ccccc1)c1ccccc1. The van der Waals surface area contributed by atoms with Crippen molar-refractivity contribution in [1.29, 1.82) is 0 Å². The molecule has 9 rings (SSSR count). The van der Waals surface area contributed by atoms with E-state index < -0.39 is 22.1 Å². The van der Waals surface area contributed by atoms with Gasteiger partial charge >= 0.3 is 383 Å². The first-order valence-electron chi connectivity index (χ1n) is 20.9. The Balaban J connectivity index is 1.83. The predicted molar refractivity (Wildman–Crippen MR) is 291 cm³/mol. The van der Waals surface area contributed by atoms with Crippen molar-refractivity contribution in [3.8, 4) is 0 Å². The Morgan fingerprint density at radius 2 is 0.339 bits per heavy atom. The minimum atomic E-state index is -6.90. The number of halogens is 2. The fourth-order valence-electron chi connectivity index (χ4n) is 11.3. The van der Waals surface area contributed by atoms with Crippen LogP contribution in [-0.2, 0) is 5.30 Å². The van der Waals surface area contributed by atoms with E-state index in [4.69, 9.17) is 0 Å². The molecule has 0 aliphatic rings. The Labute approximate surface area is 379 Å². The minimum absolute atomic E-state index is 1.31. The third kappa shape index (κ3) is 5.45. The molecule has 0 N–H and O–H groups in total. The topological polar surface area (TPSA) is 0 Å². The molecule has 6 heteroatoms. The van der Waals surface area contributed by atoms with E-state index in [0.717, 1.165) is 0 Å². The van der Waals surface area contributed by atoms with Crippen LogP contribution in [0.1, 0.15) is 0 Å². The second-order valence-corrected chi connectivity index (χ2v) is 120. The number of hydrogen-bond donors (Lipinski definition) is 0. The third-order valence-corrected chi connectivity index (χ3v) is 149. The van der Waals surface area contributed by atoms with Crippen molar-refractivity contribution in [1.82, 2.24) is 0 Å². The summed E-state index contributed by atoms with van der Waals surface area (Å²) < 4.78 is 0. The van der Waals surface area contributed by atoms with Crippen LogP contribution in [-0.4, -0.2) is 0 Å². The molecule has 0 aliphatic carbocycles. The van der Waals surface area contributed by atoms with Crippen LogP contribution in [0.2, 0.25) is 11.0 Å². The van der Waals surface area contributed by atoms with E-state index in [-0.39, 0.29) is 0 Å². The van der Waals surface area contributed by atoms with Gasteiger partial charge in [-0.05, 0) is 0 Å². The van der Waals surface area contributed by atoms with Crippen LogP contribution in [0.25, 0.3) is 0 Å². The molecule has 0 spiro atoms. The van der Waals surface area contributed by atoms with Gasteiger partial charge in [0.2, 0.25) is 0 Å². The van der Waals surface area contributed by atoms with Gasteiger partial charge in [0.05, 0.1) is 0 Å². The van der Waals surface area contributed by atoms with E-state index in [2.05, 4.69) is 304 Å². The van der Waals surface area contributed by atoms with Gasteiger partial charge in [-0.2, -0.15) is 0 Å². The zero-order valence-electron chi connectivity index (χ0n) is 35.1. The van der Waals surface area contributed by atoms with E-state index in [9.17, 15) is 9.69 Å². The van der Waals surface area contributed by atoms with Crippen LogP contribution >= 0.6 is 46.2 Å².